The maximum absolute atomic E-state index is 9.77. The molecule has 0 saturated heterocycles. The summed E-state index contributed by atoms with van der Waals surface area (Å²) < 4.78 is 0. The van der Waals surface area contributed by atoms with Gasteiger partial charge in [-0.1, -0.05) is 23.2 Å². The molecule has 0 fully saturated rings. The molecule has 5 heteroatoms. The predicted octanol–water partition coefficient (Wildman–Crippen LogP) is 1.08. The zero-order valence-electron chi connectivity index (χ0n) is 3.10. The van der Waals surface area contributed by atoms with Crippen LogP contribution in [0.1, 0.15) is 0 Å². The molecule has 0 saturated carbocycles. The van der Waals surface area contributed by atoms with Crippen molar-refractivity contribution in [2.75, 3.05) is 0 Å². The van der Waals surface area contributed by atoms with Crippen LogP contribution in [-0.2, 0) is 4.79 Å². The lowest BCUT2D eigenvalue weighted by Gasteiger charge is -1.82. The number of hydrogen-bond acceptors (Lipinski definition) is 2. The van der Waals surface area contributed by atoms with Crippen molar-refractivity contribution in [2.24, 2.45) is 5.18 Å². The van der Waals surface area contributed by atoms with E-state index in [4.69, 9.17) is 23.2 Å². The Morgan fingerprint density at radius 1 is 1.57 bits per heavy atom. The molecule has 0 spiro atoms. The third kappa shape index (κ3) is 2.53. The molecule has 0 atom stereocenters. The van der Waals surface area contributed by atoms with Crippen molar-refractivity contribution in [3.05, 3.63) is 4.91 Å². The molecule has 0 rings (SSSR count). The van der Waals surface area contributed by atoms with E-state index < -0.39 is 10.7 Å². The van der Waals surface area contributed by atoms with Crippen molar-refractivity contribution in [3.8, 4) is 0 Å². The van der Waals surface area contributed by atoms with Crippen LogP contribution in [-0.4, -0.2) is 10.7 Å². The Balaban J connectivity index is 3.56. The molecule has 1 amide bonds. The Bertz CT molecular complexity index is 91.7. The molecule has 0 aliphatic rings. The van der Waals surface area contributed by atoms with Gasteiger partial charge in [-0.3, -0.25) is 4.79 Å². The number of halogens is 2. The maximum Gasteiger partial charge on any atom is 0.318 e. The Morgan fingerprint density at radius 3 is 2.00 bits per heavy atom. The topological polar surface area (TPSA) is 46.5 Å². The monoisotopic (exact) mass is 141 g/mol. The Hall–Kier alpha value is -0.150. The van der Waals surface area contributed by atoms with Crippen molar-refractivity contribution in [3.63, 3.8) is 0 Å². The number of carbonyl (C=O) groups excluding carboxylic acids is 1. The van der Waals surface area contributed by atoms with E-state index in [0.29, 0.717) is 0 Å². The highest BCUT2D eigenvalue weighted by molar-refractivity contribution is 6.53. The summed E-state index contributed by atoms with van der Waals surface area (Å²) in [6.07, 6.45) is 0. The highest BCUT2D eigenvalue weighted by Gasteiger charge is 2.09. The van der Waals surface area contributed by atoms with Crippen LogP contribution >= 0.6 is 23.2 Å². The van der Waals surface area contributed by atoms with Crippen LogP contribution in [0.15, 0.2) is 5.18 Å². The first kappa shape index (κ1) is 6.85. The average molecular weight is 142 g/mol. The van der Waals surface area contributed by atoms with E-state index in [0.717, 1.165) is 0 Å². The Labute approximate surface area is 49.6 Å². The SMILES string of the molecule is O=NC(=O)C(Cl)Cl. The number of carbonyl (C=O) groups is 1. The molecular formula is C2HCl2NO2. The number of hydrogen-bond donors (Lipinski definition) is 0. The van der Waals surface area contributed by atoms with Crippen molar-refractivity contribution < 1.29 is 4.79 Å². The van der Waals surface area contributed by atoms with Gasteiger partial charge in [0.05, 0.1) is 0 Å². The second-order valence-electron chi connectivity index (χ2n) is 0.730. The quantitative estimate of drug-likeness (QED) is 0.406. The fraction of sp³-hybridized carbons (Fsp3) is 0.500. The molecule has 40 valence electrons. The summed E-state index contributed by atoms with van der Waals surface area (Å²) in [5.41, 5.74) is 0. The van der Waals surface area contributed by atoms with E-state index in [-0.39, 0.29) is 0 Å². The van der Waals surface area contributed by atoms with Gasteiger partial charge in [-0.2, -0.15) is 0 Å². The number of alkyl halides is 2. The third-order valence-electron chi connectivity index (χ3n) is 0.277. The van der Waals surface area contributed by atoms with Gasteiger partial charge in [0.25, 0.3) is 0 Å². The first-order valence-electron chi connectivity index (χ1n) is 1.34. The van der Waals surface area contributed by atoms with Gasteiger partial charge in [-0.15, -0.1) is 4.91 Å². The molecule has 0 aliphatic heterocycles. The highest BCUT2D eigenvalue weighted by atomic mass is 35.5. The summed E-state index contributed by atoms with van der Waals surface area (Å²) in [6, 6.07) is 0. The zero-order valence-corrected chi connectivity index (χ0v) is 4.61. The highest BCUT2D eigenvalue weighted by Crippen LogP contribution is 2.01. The second kappa shape index (κ2) is 2.93. The van der Waals surface area contributed by atoms with Crippen LogP contribution in [0.4, 0.5) is 0 Å². The van der Waals surface area contributed by atoms with Crippen LogP contribution in [0.3, 0.4) is 0 Å². The first-order valence-corrected chi connectivity index (χ1v) is 2.21. The number of rotatable bonds is 1. The molecule has 0 aromatic carbocycles. The summed E-state index contributed by atoms with van der Waals surface area (Å²) in [5, 5.41) is 1.94. The van der Waals surface area contributed by atoms with E-state index in [1.165, 1.54) is 0 Å². The van der Waals surface area contributed by atoms with Crippen LogP contribution in [0.5, 0.6) is 0 Å². The van der Waals surface area contributed by atoms with E-state index >= 15 is 0 Å². The standard InChI is InChI=1S/C2HCl2NO2/c3-1(4)2(6)5-7/h1H. The fourth-order valence-electron chi connectivity index (χ4n) is 0.0398. The van der Waals surface area contributed by atoms with Gasteiger partial charge in [0.2, 0.25) is 0 Å². The van der Waals surface area contributed by atoms with Gasteiger partial charge in [-0.05, 0) is 0 Å². The summed E-state index contributed by atoms with van der Waals surface area (Å²) in [4.78, 5) is 17.6. The molecule has 0 radical (unpaired) electrons. The molecule has 3 nitrogen and oxygen atoms in total. The molecule has 0 bridgehead atoms. The molecule has 7 heavy (non-hydrogen) atoms. The molecule has 0 heterocycles. The van der Waals surface area contributed by atoms with E-state index in [1.807, 2.05) is 5.18 Å². The van der Waals surface area contributed by atoms with Crippen LogP contribution in [0.25, 0.3) is 0 Å². The van der Waals surface area contributed by atoms with Gasteiger partial charge in [-0.25, -0.2) is 0 Å². The largest absolute Gasteiger partial charge is 0.318 e. The average Bonchev–Trinajstić information content (AvgIpc) is 1.65. The number of nitroso groups, excluding NO2 is 1. The summed E-state index contributed by atoms with van der Waals surface area (Å²) in [7, 11) is 0. The first-order chi connectivity index (χ1) is 3.18. The minimum Gasteiger partial charge on any atom is -0.266 e. The Kier molecular flexibility index (Phi) is 2.87. The molecule has 0 aliphatic carbocycles. The van der Waals surface area contributed by atoms with Crippen LogP contribution in [0.2, 0.25) is 0 Å². The molecule has 0 aromatic rings. The zero-order chi connectivity index (χ0) is 5.86. The van der Waals surface area contributed by atoms with E-state index in [1.54, 1.807) is 0 Å². The smallest absolute Gasteiger partial charge is 0.266 e. The van der Waals surface area contributed by atoms with Crippen molar-refractivity contribution in [1.29, 1.82) is 0 Å². The predicted molar refractivity (Wildman–Crippen MR) is 26.3 cm³/mol. The summed E-state index contributed by atoms with van der Waals surface area (Å²) >= 11 is 9.70. The third-order valence-corrected chi connectivity index (χ3v) is 0.650. The van der Waals surface area contributed by atoms with Gasteiger partial charge in [0.15, 0.2) is 4.84 Å². The minimum atomic E-state index is -1.31. The molecule has 0 N–H and O–H groups in total. The fourth-order valence-corrected chi connectivity index (χ4v) is 0.120. The van der Waals surface area contributed by atoms with Crippen molar-refractivity contribution in [2.45, 2.75) is 4.84 Å². The lowest BCUT2D eigenvalue weighted by Crippen LogP contribution is -2.01. The minimum absolute atomic E-state index is 1.05. The van der Waals surface area contributed by atoms with E-state index in [2.05, 4.69) is 0 Å². The number of amides is 1. The molecular weight excluding hydrogens is 141 g/mol. The lowest BCUT2D eigenvalue weighted by atomic mass is 10.8. The second-order valence-corrected chi connectivity index (χ2v) is 1.83. The summed E-state index contributed by atoms with van der Waals surface area (Å²) in [6.45, 7) is 0. The molecule has 0 aromatic heterocycles. The van der Waals surface area contributed by atoms with Crippen molar-refractivity contribution >= 4 is 29.1 Å². The van der Waals surface area contributed by atoms with Crippen molar-refractivity contribution in [1.82, 2.24) is 0 Å². The van der Waals surface area contributed by atoms with Crippen LogP contribution < -0.4 is 0 Å². The van der Waals surface area contributed by atoms with Gasteiger partial charge in [0, 0.05) is 5.18 Å². The Morgan fingerprint density at radius 2 is 2.00 bits per heavy atom. The lowest BCUT2D eigenvalue weighted by molar-refractivity contribution is -0.116. The van der Waals surface area contributed by atoms with Gasteiger partial charge in [0.1, 0.15) is 0 Å². The van der Waals surface area contributed by atoms with Crippen LogP contribution in [0, 0.1) is 4.91 Å². The molecule has 0 unspecified atom stereocenters. The maximum atomic E-state index is 9.77. The van der Waals surface area contributed by atoms with Gasteiger partial charge >= 0.3 is 5.91 Å². The van der Waals surface area contributed by atoms with Gasteiger partial charge < -0.3 is 0 Å². The van der Waals surface area contributed by atoms with E-state index in [9.17, 15) is 9.70 Å². The summed E-state index contributed by atoms with van der Waals surface area (Å²) in [5.74, 6) is -1.05. The normalized spacial score (nSPS) is 9.00. The number of nitrogens with zero attached hydrogens (tertiary/aromatic N) is 1.